The van der Waals surface area contributed by atoms with Crippen LogP contribution >= 0.6 is 0 Å². The lowest BCUT2D eigenvalue weighted by Gasteiger charge is -2.34. The molecule has 1 heterocycles. The van der Waals surface area contributed by atoms with Crippen LogP contribution in [0.3, 0.4) is 0 Å². The van der Waals surface area contributed by atoms with Crippen molar-refractivity contribution in [1.82, 2.24) is 9.21 Å². The van der Waals surface area contributed by atoms with Crippen LogP contribution < -0.4 is 4.90 Å². The smallest absolute Gasteiger partial charge is 0.278 e. The summed E-state index contributed by atoms with van der Waals surface area (Å²) >= 11 is 0. The monoisotopic (exact) mass is 421 g/mol. The first-order valence-electron chi connectivity index (χ1n) is 9.91. The molecular formula is C21H33N4O3S+. The lowest BCUT2D eigenvalue weighted by Crippen LogP contribution is -3.15. The van der Waals surface area contributed by atoms with Gasteiger partial charge in [-0.25, -0.2) is 8.42 Å². The molecule has 1 N–H and O–H groups in total. The van der Waals surface area contributed by atoms with E-state index in [1.807, 2.05) is 12.1 Å². The summed E-state index contributed by atoms with van der Waals surface area (Å²) in [6.07, 6.45) is 0. The standard InChI is InChI=1S/C21H32N4O3S/c1-20(2,3)17-7-9-18(10-8-17)29(27,28)25-13-11-24(12-14-25)15-19(26)23(6)21(4,5)16-22/h7-10H,11-15H2,1-6H3/p+1. The molecule has 1 fully saturated rings. The molecule has 7 nitrogen and oxygen atoms in total. The highest BCUT2D eigenvalue weighted by Gasteiger charge is 2.34. The van der Waals surface area contributed by atoms with Gasteiger partial charge in [0.25, 0.3) is 5.91 Å². The summed E-state index contributed by atoms with van der Waals surface area (Å²) in [5, 5.41) is 9.19. The highest BCUT2D eigenvalue weighted by Crippen LogP contribution is 2.24. The van der Waals surface area contributed by atoms with Crippen LogP contribution in [0.5, 0.6) is 0 Å². The van der Waals surface area contributed by atoms with Gasteiger partial charge in [0.2, 0.25) is 10.0 Å². The van der Waals surface area contributed by atoms with Gasteiger partial charge in [-0.1, -0.05) is 32.9 Å². The lowest BCUT2D eigenvalue weighted by molar-refractivity contribution is -0.896. The average Bonchev–Trinajstić information content (AvgIpc) is 2.67. The molecule has 0 aromatic heterocycles. The number of likely N-dealkylation sites (N-methyl/N-ethyl adjacent to an activating group) is 1. The van der Waals surface area contributed by atoms with E-state index in [1.54, 1.807) is 33.0 Å². The van der Waals surface area contributed by atoms with Crippen LogP contribution in [-0.4, -0.2) is 68.8 Å². The summed E-state index contributed by atoms with van der Waals surface area (Å²) in [7, 11) is -1.91. The van der Waals surface area contributed by atoms with Crippen molar-refractivity contribution in [1.29, 1.82) is 5.26 Å². The van der Waals surface area contributed by atoms with Gasteiger partial charge in [0.15, 0.2) is 6.54 Å². The predicted molar refractivity (Wildman–Crippen MR) is 112 cm³/mol. The van der Waals surface area contributed by atoms with E-state index in [9.17, 15) is 18.5 Å². The maximum Gasteiger partial charge on any atom is 0.278 e. The van der Waals surface area contributed by atoms with Crippen molar-refractivity contribution >= 4 is 15.9 Å². The van der Waals surface area contributed by atoms with Crippen molar-refractivity contribution < 1.29 is 18.1 Å². The quantitative estimate of drug-likeness (QED) is 0.756. The summed E-state index contributed by atoms with van der Waals surface area (Å²) in [6.45, 7) is 11.8. The van der Waals surface area contributed by atoms with E-state index in [4.69, 9.17) is 0 Å². The summed E-state index contributed by atoms with van der Waals surface area (Å²) in [5.41, 5.74) is 0.200. The van der Waals surface area contributed by atoms with Gasteiger partial charge in [-0.05, 0) is 37.0 Å². The zero-order valence-corrected chi connectivity index (χ0v) is 19.1. The number of quaternary nitrogens is 1. The van der Waals surface area contributed by atoms with E-state index >= 15 is 0 Å². The average molecular weight is 422 g/mol. The molecule has 0 unspecified atom stereocenters. The number of amides is 1. The Balaban J connectivity index is 1.99. The van der Waals surface area contributed by atoms with Gasteiger partial charge in [-0.15, -0.1) is 0 Å². The number of sulfonamides is 1. The number of carbonyl (C=O) groups excluding carboxylic acids is 1. The second kappa shape index (κ2) is 8.42. The minimum Gasteiger partial charge on any atom is -0.325 e. The summed E-state index contributed by atoms with van der Waals surface area (Å²) < 4.78 is 27.4. The minimum absolute atomic E-state index is 0.0307. The van der Waals surface area contributed by atoms with Crippen molar-refractivity contribution in [3.63, 3.8) is 0 Å². The number of nitrogens with one attached hydrogen (secondary N) is 1. The number of hydrogen-bond acceptors (Lipinski definition) is 4. The molecule has 0 bridgehead atoms. The van der Waals surface area contributed by atoms with Gasteiger partial charge < -0.3 is 9.80 Å². The van der Waals surface area contributed by atoms with Gasteiger partial charge in [0.05, 0.1) is 37.1 Å². The fourth-order valence-electron chi connectivity index (χ4n) is 3.21. The Bertz CT molecular complexity index is 872. The van der Waals surface area contributed by atoms with E-state index in [0.29, 0.717) is 31.1 Å². The highest BCUT2D eigenvalue weighted by molar-refractivity contribution is 7.89. The SMILES string of the molecule is CN(C(=O)C[NH+]1CCN(S(=O)(=O)c2ccc(C(C)(C)C)cc2)CC1)C(C)(C)C#N. The van der Waals surface area contributed by atoms with Gasteiger partial charge >= 0.3 is 0 Å². The van der Waals surface area contributed by atoms with Gasteiger partial charge in [-0.3, -0.25) is 4.79 Å². The first-order chi connectivity index (χ1) is 13.3. The first kappa shape index (κ1) is 23.3. The molecule has 0 spiro atoms. The second-order valence-corrected chi connectivity index (χ2v) is 11.2. The Morgan fingerprint density at radius 2 is 1.66 bits per heavy atom. The number of rotatable bonds is 5. The minimum atomic E-state index is -3.54. The summed E-state index contributed by atoms with van der Waals surface area (Å²) in [4.78, 5) is 15.2. The number of hydrogen-bond donors (Lipinski definition) is 1. The number of carbonyl (C=O) groups is 1. The molecule has 1 amide bonds. The van der Waals surface area contributed by atoms with Crippen molar-refractivity contribution in [3.05, 3.63) is 29.8 Å². The van der Waals surface area contributed by atoms with E-state index < -0.39 is 15.6 Å². The number of piperazine rings is 1. The molecule has 0 aliphatic carbocycles. The third-order valence-corrected chi connectivity index (χ3v) is 7.59. The van der Waals surface area contributed by atoms with Crippen LogP contribution in [0.1, 0.15) is 40.2 Å². The van der Waals surface area contributed by atoms with Crippen molar-refractivity contribution in [2.24, 2.45) is 0 Å². The third kappa shape index (κ3) is 5.35. The van der Waals surface area contributed by atoms with Crippen LogP contribution in [0, 0.1) is 11.3 Å². The van der Waals surface area contributed by atoms with Crippen LogP contribution in [0.2, 0.25) is 0 Å². The number of nitriles is 1. The van der Waals surface area contributed by atoms with Crippen LogP contribution in [0.4, 0.5) is 0 Å². The zero-order chi connectivity index (χ0) is 22.0. The first-order valence-corrected chi connectivity index (χ1v) is 11.4. The fraction of sp³-hybridized carbons (Fsp3) is 0.619. The third-order valence-electron chi connectivity index (χ3n) is 5.68. The van der Waals surface area contributed by atoms with Crippen molar-refractivity contribution in [2.45, 2.75) is 50.5 Å². The molecule has 1 aliphatic heterocycles. The van der Waals surface area contributed by atoms with E-state index in [0.717, 1.165) is 10.5 Å². The van der Waals surface area contributed by atoms with Gasteiger partial charge in [0.1, 0.15) is 5.54 Å². The Hall–Kier alpha value is -1.95. The molecule has 0 radical (unpaired) electrons. The second-order valence-electron chi connectivity index (χ2n) is 9.23. The maximum absolute atomic E-state index is 13.0. The molecule has 1 aliphatic rings. The van der Waals surface area contributed by atoms with E-state index in [2.05, 4.69) is 26.8 Å². The molecule has 0 saturated carbocycles. The number of nitrogens with zero attached hydrogens (tertiary/aromatic N) is 3. The highest BCUT2D eigenvalue weighted by atomic mass is 32.2. The predicted octanol–water partition coefficient (Wildman–Crippen LogP) is 0.634. The van der Waals surface area contributed by atoms with E-state index in [-0.39, 0.29) is 17.9 Å². The summed E-state index contributed by atoms with van der Waals surface area (Å²) in [5.74, 6) is -0.111. The van der Waals surface area contributed by atoms with Crippen LogP contribution in [-0.2, 0) is 20.2 Å². The Labute approximate surface area is 174 Å². The van der Waals surface area contributed by atoms with Crippen molar-refractivity contribution in [2.75, 3.05) is 39.8 Å². The molecule has 1 aromatic rings. The number of benzene rings is 1. The van der Waals surface area contributed by atoms with Crippen LogP contribution in [0.25, 0.3) is 0 Å². The fourth-order valence-corrected chi connectivity index (χ4v) is 4.66. The Morgan fingerprint density at radius 3 is 2.10 bits per heavy atom. The van der Waals surface area contributed by atoms with Gasteiger partial charge in [-0.2, -0.15) is 9.57 Å². The molecule has 160 valence electrons. The Morgan fingerprint density at radius 1 is 1.14 bits per heavy atom. The maximum atomic E-state index is 13.0. The molecule has 29 heavy (non-hydrogen) atoms. The normalized spacial score (nSPS) is 17.0. The molecular weight excluding hydrogens is 388 g/mol. The summed E-state index contributed by atoms with van der Waals surface area (Å²) in [6, 6.07) is 9.23. The van der Waals surface area contributed by atoms with Gasteiger partial charge in [0, 0.05) is 7.05 Å². The molecule has 1 aromatic carbocycles. The van der Waals surface area contributed by atoms with Crippen molar-refractivity contribution in [3.8, 4) is 6.07 Å². The molecule has 0 atom stereocenters. The zero-order valence-electron chi connectivity index (χ0n) is 18.3. The molecule has 1 saturated heterocycles. The topological polar surface area (TPSA) is 85.9 Å². The van der Waals surface area contributed by atoms with Crippen LogP contribution in [0.15, 0.2) is 29.2 Å². The molecule has 8 heteroatoms. The lowest BCUT2D eigenvalue weighted by atomic mass is 9.87. The largest absolute Gasteiger partial charge is 0.325 e. The Kier molecular flexibility index (Phi) is 6.78. The van der Waals surface area contributed by atoms with E-state index in [1.165, 1.54) is 9.21 Å². The molecule has 2 rings (SSSR count).